The van der Waals surface area contributed by atoms with Gasteiger partial charge in [-0.25, -0.2) is 9.59 Å². The number of nitrogens with two attached hydrogens (primary N) is 1. The number of piperidine rings is 1. The van der Waals surface area contributed by atoms with E-state index in [1.165, 1.54) is 11.8 Å². The molecule has 2 saturated carbocycles. The van der Waals surface area contributed by atoms with Crippen molar-refractivity contribution in [3.63, 3.8) is 0 Å². The van der Waals surface area contributed by atoms with E-state index in [-0.39, 0.29) is 35.5 Å². The van der Waals surface area contributed by atoms with E-state index in [0.717, 1.165) is 12.8 Å². The summed E-state index contributed by atoms with van der Waals surface area (Å²) in [4.78, 5) is 78.5. The number of rotatable bonds is 12. The molecular weight excluding hydrogens is 530 g/mol. The van der Waals surface area contributed by atoms with Gasteiger partial charge in [-0.2, -0.15) is 0 Å². The van der Waals surface area contributed by atoms with Crippen LogP contribution in [-0.4, -0.2) is 75.7 Å². The molecule has 3 aliphatic rings. The lowest BCUT2D eigenvalue weighted by Crippen LogP contribution is -2.63. The second-order valence-electron chi connectivity index (χ2n) is 14.5. The molecule has 1 saturated heterocycles. The molecule has 230 valence electrons. The minimum absolute atomic E-state index is 0.0134. The van der Waals surface area contributed by atoms with Crippen LogP contribution in [0.5, 0.6) is 0 Å². The molecule has 1 aliphatic heterocycles. The van der Waals surface area contributed by atoms with Crippen molar-refractivity contribution < 1.29 is 33.9 Å². The number of hydrogen-bond donors (Lipinski definition) is 5. The Hall–Kier alpha value is -3.18. The summed E-state index contributed by atoms with van der Waals surface area (Å²) in [5, 5.41) is 17.7. The predicted octanol–water partition coefficient (Wildman–Crippen LogP) is 1.41. The predicted molar refractivity (Wildman–Crippen MR) is 150 cm³/mol. The van der Waals surface area contributed by atoms with Crippen molar-refractivity contribution in [3.05, 3.63) is 0 Å². The highest BCUT2D eigenvalue weighted by atomic mass is 16.4. The summed E-state index contributed by atoms with van der Waals surface area (Å²) in [6.45, 7) is 14.8. The monoisotopic (exact) mass is 577 g/mol. The first kappa shape index (κ1) is 32.3. The maximum absolute atomic E-state index is 14.1. The van der Waals surface area contributed by atoms with Crippen LogP contribution < -0.4 is 21.7 Å². The molecule has 6 N–H and O–H groups in total. The third-order valence-corrected chi connectivity index (χ3v) is 8.97. The van der Waals surface area contributed by atoms with E-state index in [2.05, 4.69) is 16.0 Å². The van der Waals surface area contributed by atoms with Crippen LogP contribution in [0.25, 0.3) is 0 Å². The van der Waals surface area contributed by atoms with Crippen LogP contribution in [0.3, 0.4) is 0 Å². The molecule has 5 amide bonds. The van der Waals surface area contributed by atoms with Gasteiger partial charge in [-0.1, -0.05) is 61.3 Å². The van der Waals surface area contributed by atoms with Gasteiger partial charge in [-0.05, 0) is 54.3 Å². The van der Waals surface area contributed by atoms with Crippen LogP contribution in [0.1, 0.15) is 81.1 Å². The van der Waals surface area contributed by atoms with Crippen molar-refractivity contribution in [2.24, 2.45) is 40.2 Å². The first-order valence-corrected chi connectivity index (χ1v) is 14.5. The summed E-state index contributed by atoms with van der Waals surface area (Å²) < 4.78 is 0. The van der Waals surface area contributed by atoms with Crippen LogP contribution in [0, 0.1) is 34.5 Å². The zero-order chi connectivity index (χ0) is 31.2. The fourth-order valence-electron chi connectivity index (χ4n) is 6.40. The number of aliphatic carboxylic acids is 1. The number of carboxylic acid groups (broad SMARTS) is 1. The molecule has 3 fully saturated rings. The van der Waals surface area contributed by atoms with Gasteiger partial charge >= 0.3 is 12.0 Å². The van der Waals surface area contributed by atoms with Gasteiger partial charge in [0.25, 0.3) is 5.91 Å². The van der Waals surface area contributed by atoms with Crippen molar-refractivity contribution in [1.29, 1.82) is 0 Å². The lowest BCUT2D eigenvalue weighted by Gasteiger charge is -2.38. The lowest BCUT2D eigenvalue weighted by atomic mass is 9.85. The number of ketones is 1. The van der Waals surface area contributed by atoms with Crippen molar-refractivity contribution in [2.75, 3.05) is 6.54 Å². The number of urea groups is 1. The third kappa shape index (κ3) is 7.01. The number of nitrogens with zero attached hydrogens (tertiary/aromatic N) is 1. The van der Waals surface area contributed by atoms with Crippen LogP contribution in [0.2, 0.25) is 0 Å². The Labute approximate surface area is 241 Å². The molecule has 41 heavy (non-hydrogen) atoms. The van der Waals surface area contributed by atoms with Gasteiger partial charge in [-0.15, -0.1) is 0 Å². The van der Waals surface area contributed by atoms with Gasteiger partial charge in [0.05, 0.1) is 6.04 Å². The zero-order valence-electron chi connectivity index (χ0n) is 25.5. The van der Waals surface area contributed by atoms with E-state index in [1.54, 1.807) is 20.8 Å². The largest absolute Gasteiger partial charge is 0.480 e. The Kier molecular flexibility index (Phi) is 8.87. The molecule has 2 unspecified atom stereocenters. The van der Waals surface area contributed by atoms with Crippen LogP contribution in [0.15, 0.2) is 0 Å². The first-order valence-electron chi connectivity index (χ1n) is 14.5. The number of carbonyl (C=O) groups is 6. The van der Waals surface area contributed by atoms with Gasteiger partial charge in [0.2, 0.25) is 17.6 Å². The Morgan fingerprint density at radius 3 is 2.07 bits per heavy atom. The van der Waals surface area contributed by atoms with Gasteiger partial charge in [-0.3, -0.25) is 19.2 Å². The minimum atomic E-state index is -1.55. The molecule has 6 atom stereocenters. The number of carbonyl (C=O) groups excluding carboxylic acids is 5. The molecule has 0 aromatic rings. The quantitative estimate of drug-likeness (QED) is 0.217. The maximum atomic E-state index is 14.1. The Morgan fingerprint density at radius 1 is 1.02 bits per heavy atom. The summed E-state index contributed by atoms with van der Waals surface area (Å²) in [5.74, 6) is -4.06. The molecular formula is C29H47N5O7. The Balaban J connectivity index is 1.83. The Bertz CT molecular complexity index is 1110. The van der Waals surface area contributed by atoms with Crippen molar-refractivity contribution in [2.45, 2.75) is 105 Å². The molecule has 12 heteroatoms. The SMILES string of the molecule is CC(C)CC(C)(NC(=O)N[C@H](C(=O)N1C[C@H]2[C@@H]([C@H]1C(=O)NC(CC1CC1)C(=O)C(N)=O)C2(C)C)C(C)(C)C)C(=O)O. The summed E-state index contributed by atoms with van der Waals surface area (Å²) in [6.07, 6.45) is 2.31. The van der Waals surface area contributed by atoms with Crippen LogP contribution in [0.4, 0.5) is 4.79 Å². The number of likely N-dealkylation sites (tertiary alicyclic amines) is 1. The van der Waals surface area contributed by atoms with Crippen LogP contribution >= 0.6 is 0 Å². The summed E-state index contributed by atoms with van der Waals surface area (Å²) in [7, 11) is 0. The molecule has 2 aliphatic carbocycles. The number of carboxylic acids is 1. The minimum Gasteiger partial charge on any atom is -0.480 e. The lowest BCUT2D eigenvalue weighted by molar-refractivity contribution is -0.145. The fourth-order valence-corrected chi connectivity index (χ4v) is 6.40. The van der Waals surface area contributed by atoms with Crippen LogP contribution in [-0.2, 0) is 24.0 Å². The number of fused-ring (bicyclic) bond motifs is 1. The van der Waals surface area contributed by atoms with E-state index < -0.39 is 64.6 Å². The second-order valence-corrected chi connectivity index (χ2v) is 14.5. The van der Waals surface area contributed by atoms with Crippen molar-refractivity contribution in [1.82, 2.24) is 20.9 Å². The molecule has 0 bridgehead atoms. The summed E-state index contributed by atoms with van der Waals surface area (Å²) in [5.41, 5.74) is 2.71. The highest BCUT2D eigenvalue weighted by Gasteiger charge is 2.70. The Morgan fingerprint density at radius 2 is 1.61 bits per heavy atom. The van der Waals surface area contributed by atoms with E-state index in [0.29, 0.717) is 13.0 Å². The number of amides is 5. The third-order valence-electron chi connectivity index (χ3n) is 8.97. The van der Waals surface area contributed by atoms with E-state index in [9.17, 15) is 33.9 Å². The number of primary amides is 1. The van der Waals surface area contributed by atoms with Gasteiger partial charge in [0.1, 0.15) is 17.6 Å². The highest BCUT2D eigenvalue weighted by molar-refractivity contribution is 6.37. The van der Waals surface area contributed by atoms with Crippen molar-refractivity contribution >= 4 is 35.5 Å². The van der Waals surface area contributed by atoms with E-state index in [4.69, 9.17) is 5.73 Å². The average Bonchev–Trinajstić information content (AvgIpc) is 3.67. The average molecular weight is 578 g/mol. The molecule has 0 radical (unpaired) electrons. The van der Waals surface area contributed by atoms with Gasteiger partial charge < -0.3 is 31.7 Å². The fraction of sp³-hybridized carbons (Fsp3) is 0.793. The van der Waals surface area contributed by atoms with Gasteiger partial charge in [0.15, 0.2) is 0 Å². The van der Waals surface area contributed by atoms with Gasteiger partial charge in [0, 0.05) is 6.54 Å². The maximum Gasteiger partial charge on any atom is 0.329 e. The van der Waals surface area contributed by atoms with E-state index in [1.807, 2.05) is 27.7 Å². The molecule has 0 spiro atoms. The molecule has 0 aromatic heterocycles. The second kappa shape index (κ2) is 11.2. The molecule has 12 nitrogen and oxygen atoms in total. The number of nitrogens with one attached hydrogen (secondary N) is 3. The smallest absolute Gasteiger partial charge is 0.329 e. The van der Waals surface area contributed by atoms with E-state index >= 15 is 0 Å². The molecule has 0 aromatic carbocycles. The first-order chi connectivity index (χ1) is 18.7. The summed E-state index contributed by atoms with van der Waals surface area (Å²) in [6, 6.07) is -3.83. The standard InChI is InChI=1S/C29H47N5O7/c1-14(2)12-29(8,25(39)40)33-26(41)32-21(27(3,4)5)24(38)34-13-16-18(28(16,6)7)19(34)23(37)31-17(11-15-9-10-15)20(35)22(30)36/h14-19,21H,9-13H2,1-8H3,(H2,30,36)(H,31,37)(H,39,40)(H2,32,33,41)/t16-,17?,18-,19-,21+,29?/m0/s1. The normalized spacial score (nSPS) is 25.8. The number of Topliss-reactive ketones (excluding diaryl/α,β-unsaturated/α-hetero) is 1. The summed E-state index contributed by atoms with van der Waals surface area (Å²) >= 11 is 0. The highest BCUT2D eigenvalue weighted by Crippen LogP contribution is 2.65. The number of hydrogen-bond acceptors (Lipinski definition) is 6. The molecule has 3 rings (SSSR count). The molecule has 1 heterocycles. The topological polar surface area (TPSA) is 188 Å². The zero-order valence-corrected chi connectivity index (χ0v) is 25.5. The van der Waals surface area contributed by atoms with Crippen molar-refractivity contribution in [3.8, 4) is 0 Å².